The SMILES string of the molecule is CCC(Nc1ccc2c(Nc3ccc(NC(=O)c4ccccc4)cc3)ccnc2n1)N(C)C. The summed E-state index contributed by atoms with van der Waals surface area (Å²) in [5.41, 5.74) is 3.85. The van der Waals surface area contributed by atoms with E-state index in [9.17, 15) is 4.79 Å². The van der Waals surface area contributed by atoms with Crippen molar-refractivity contribution < 1.29 is 4.79 Å². The molecule has 1 amide bonds. The topological polar surface area (TPSA) is 82.2 Å². The smallest absolute Gasteiger partial charge is 0.255 e. The van der Waals surface area contributed by atoms with Gasteiger partial charge in [0.1, 0.15) is 5.82 Å². The van der Waals surface area contributed by atoms with E-state index in [4.69, 9.17) is 0 Å². The Kier molecular flexibility index (Phi) is 6.80. The summed E-state index contributed by atoms with van der Waals surface area (Å²) in [6.07, 6.45) is 2.92. The maximum Gasteiger partial charge on any atom is 0.255 e. The van der Waals surface area contributed by atoms with Crippen LogP contribution in [0.1, 0.15) is 23.7 Å². The number of nitrogens with one attached hydrogen (secondary N) is 3. The number of amides is 1. The normalized spacial score (nSPS) is 11.9. The van der Waals surface area contributed by atoms with Gasteiger partial charge in [-0.3, -0.25) is 9.69 Å². The van der Waals surface area contributed by atoms with Gasteiger partial charge in [-0.05, 0) is 75.1 Å². The van der Waals surface area contributed by atoms with Gasteiger partial charge in [-0.15, -0.1) is 0 Å². The van der Waals surface area contributed by atoms with Gasteiger partial charge in [-0.1, -0.05) is 25.1 Å². The molecule has 33 heavy (non-hydrogen) atoms. The van der Waals surface area contributed by atoms with Crippen LogP contribution in [0.2, 0.25) is 0 Å². The fourth-order valence-electron chi connectivity index (χ4n) is 3.57. The molecule has 0 spiro atoms. The fraction of sp³-hybridized carbons (Fsp3) is 0.192. The molecule has 0 aliphatic carbocycles. The summed E-state index contributed by atoms with van der Waals surface area (Å²) in [6.45, 7) is 2.14. The van der Waals surface area contributed by atoms with E-state index in [0.717, 1.165) is 34.7 Å². The fourth-order valence-corrected chi connectivity index (χ4v) is 3.57. The maximum atomic E-state index is 12.3. The van der Waals surface area contributed by atoms with Crippen molar-refractivity contribution in [1.29, 1.82) is 0 Å². The summed E-state index contributed by atoms with van der Waals surface area (Å²) in [5, 5.41) is 10.7. The van der Waals surface area contributed by atoms with E-state index in [-0.39, 0.29) is 12.1 Å². The number of rotatable bonds is 8. The number of benzene rings is 2. The minimum Gasteiger partial charge on any atom is -0.355 e. The van der Waals surface area contributed by atoms with Crippen LogP contribution in [0.25, 0.3) is 11.0 Å². The quantitative estimate of drug-likeness (QED) is 0.321. The van der Waals surface area contributed by atoms with Crippen LogP contribution in [0.5, 0.6) is 0 Å². The van der Waals surface area contributed by atoms with E-state index < -0.39 is 0 Å². The Balaban J connectivity index is 1.47. The van der Waals surface area contributed by atoms with Crippen molar-refractivity contribution >= 4 is 39.8 Å². The van der Waals surface area contributed by atoms with Crippen molar-refractivity contribution in [2.24, 2.45) is 0 Å². The largest absolute Gasteiger partial charge is 0.355 e. The molecule has 0 aliphatic rings. The van der Waals surface area contributed by atoms with Crippen LogP contribution in [0.4, 0.5) is 22.9 Å². The van der Waals surface area contributed by atoms with Crippen molar-refractivity contribution in [3.05, 3.63) is 84.6 Å². The molecule has 4 rings (SSSR count). The highest BCUT2D eigenvalue weighted by molar-refractivity contribution is 6.04. The van der Waals surface area contributed by atoms with E-state index in [1.54, 1.807) is 18.3 Å². The molecule has 3 N–H and O–H groups in total. The number of hydrogen-bond donors (Lipinski definition) is 3. The monoisotopic (exact) mass is 440 g/mol. The zero-order valence-electron chi connectivity index (χ0n) is 19.0. The number of fused-ring (bicyclic) bond motifs is 1. The standard InChI is InChI=1S/C26H28N6O/c1-4-24(32(2)3)30-23-15-14-21-22(16-17-27-25(21)31-23)28-19-10-12-20(13-11-19)29-26(33)18-8-6-5-7-9-18/h5-17,24H,4H2,1-3H3,(H,29,33)(H2,27,28,30,31). The summed E-state index contributed by atoms with van der Waals surface area (Å²) in [5.74, 6) is 0.665. The zero-order chi connectivity index (χ0) is 23.2. The van der Waals surface area contributed by atoms with Crippen LogP contribution in [0.15, 0.2) is 79.0 Å². The Labute approximate surface area is 193 Å². The van der Waals surface area contributed by atoms with Crippen LogP contribution in [-0.4, -0.2) is 41.0 Å². The minimum atomic E-state index is -0.133. The lowest BCUT2D eigenvalue weighted by atomic mass is 10.2. The van der Waals surface area contributed by atoms with E-state index in [2.05, 4.69) is 37.7 Å². The molecule has 1 atom stereocenters. The Hall–Kier alpha value is -3.97. The summed E-state index contributed by atoms with van der Waals surface area (Å²) in [4.78, 5) is 23.6. The molecule has 2 heterocycles. The number of nitrogens with zero attached hydrogens (tertiary/aromatic N) is 3. The Bertz CT molecular complexity index is 1220. The molecule has 1 unspecified atom stereocenters. The second kappa shape index (κ2) is 10.1. The van der Waals surface area contributed by atoms with Gasteiger partial charge in [-0.25, -0.2) is 9.97 Å². The molecule has 2 aromatic heterocycles. The van der Waals surface area contributed by atoms with Crippen LogP contribution in [0, 0.1) is 0 Å². The number of hydrogen-bond acceptors (Lipinski definition) is 6. The first kappa shape index (κ1) is 22.2. The molecule has 0 fully saturated rings. The molecule has 7 nitrogen and oxygen atoms in total. The van der Waals surface area contributed by atoms with Gasteiger partial charge in [0.25, 0.3) is 5.91 Å². The van der Waals surface area contributed by atoms with Gasteiger partial charge in [-0.2, -0.15) is 0 Å². The molecular formula is C26H28N6O. The maximum absolute atomic E-state index is 12.3. The highest BCUT2D eigenvalue weighted by atomic mass is 16.1. The van der Waals surface area contributed by atoms with Gasteiger partial charge in [0, 0.05) is 28.5 Å². The molecule has 7 heteroatoms. The summed E-state index contributed by atoms with van der Waals surface area (Å²) in [6, 6.07) is 22.7. The van der Waals surface area contributed by atoms with Crippen LogP contribution in [-0.2, 0) is 0 Å². The summed E-state index contributed by atoms with van der Waals surface area (Å²) >= 11 is 0. The number of aromatic nitrogens is 2. The highest BCUT2D eigenvalue weighted by Gasteiger charge is 2.11. The summed E-state index contributed by atoms with van der Waals surface area (Å²) in [7, 11) is 4.09. The number of carbonyl (C=O) groups excluding carboxylic acids is 1. The first-order valence-electron chi connectivity index (χ1n) is 11.0. The number of pyridine rings is 2. The molecule has 0 radical (unpaired) electrons. The second-order valence-electron chi connectivity index (χ2n) is 7.98. The predicted molar refractivity (Wildman–Crippen MR) is 135 cm³/mol. The second-order valence-corrected chi connectivity index (χ2v) is 7.98. The molecule has 2 aromatic carbocycles. The van der Waals surface area contributed by atoms with Crippen LogP contribution < -0.4 is 16.0 Å². The van der Waals surface area contributed by atoms with Crippen molar-refractivity contribution in [1.82, 2.24) is 14.9 Å². The third-order valence-electron chi connectivity index (χ3n) is 5.39. The van der Waals surface area contributed by atoms with Crippen molar-refractivity contribution in [3.8, 4) is 0 Å². The third-order valence-corrected chi connectivity index (χ3v) is 5.39. The molecule has 0 saturated carbocycles. The van der Waals surface area contributed by atoms with Gasteiger partial charge in [0.05, 0.1) is 11.9 Å². The molecule has 168 valence electrons. The first-order valence-corrected chi connectivity index (χ1v) is 11.0. The summed E-state index contributed by atoms with van der Waals surface area (Å²) < 4.78 is 0. The Morgan fingerprint density at radius 2 is 1.67 bits per heavy atom. The number of carbonyl (C=O) groups is 1. The molecule has 4 aromatic rings. The highest BCUT2D eigenvalue weighted by Crippen LogP contribution is 2.26. The van der Waals surface area contributed by atoms with Gasteiger partial charge >= 0.3 is 0 Å². The Morgan fingerprint density at radius 3 is 2.36 bits per heavy atom. The van der Waals surface area contributed by atoms with E-state index in [1.165, 1.54) is 0 Å². The van der Waals surface area contributed by atoms with Crippen molar-refractivity contribution in [2.45, 2.75) is 19.5 Å². The van der Waals surface area contributed by atoms with Crippen molar-refractivity contribution in [3.63, 3.8) is 0 Å². The first-order chi connectivity index (χ1) is 16.0. The van der Waals surface area contributed by atoms with Crippen LogP contribution in [0.3, 0.4) is 0 Å². The minimum absolute atomic E-state index is 0.133. The average Bonchev–Trinajstić information content (AvgIpc) is 2.84. The third kappa shape index (κ3) is 5.45. The van der Waals surface area contributed by atoms with Gasteiger partial charge in [0.15, 0.2) is 5.65 Å². The zero-order valence-corrected chi connectivity index (χ0v) is 19.0. The molecule has 0 saturated heterocycles. The molecule has 0 aliphatic heterocycles. The molecule has 0 bridgehead atoms. The lowest BCUT2D eigenvalue weighted by Crippen LogP contribution is -2.34. The van der Waals surface area contributed by atoms with E-state index in [0.29, 0.717) is 11.2 Å². The Morgan fingerprint density at radius 1 is 0.939 bits per heavy atom. The van der Waals surface area contributed by atoms with Crippen LogP contribution >= 0.6 is 0 Å². The lowest BCUT2D eigenvalue weighted by molar-refractivity contribution is 0.102. The lowest BCUT2D eigenvalue weighted by Gasteiger charge is -2.24. The van der Waals surface area contributed by atoms with Gasteiger partial charge < -0.3 is 16.0 Å². The van der Waals surface area contributed by atoms with E-state index >= 15 is 0 Å². The van der Waals surface area contributed by atoms with Crippen molar-refractivity contribution in [2.75, 3.05) is 30.0 Å². The average molecular weight is 441 g/mol. The van der Waals surface area contributed by atoms with Gasteiger partial charge in [0.2, 0.25) is 0 Å². The predicted octanol–water partition coefficient (Wildman–Crippen LogP) is 5.34. The molecular weight excluding hydrogens is 412 g/mol. The number of anilines is 4. The van der Waals surface area contributed by atoms with E-state index in [1.807, 2.05) is 74.8 Å².